The SMILES string of the molecule is CN=C(NCCC(=O)NC1CCCCC1)NCCc1ccc(NC(=O)OC(C)(C)C)cc1.I. The first-order chi connectivity index (χ1) is 15.2. The predicted octanol–water partition coefficient (Wildman–Crippen LogP) is 4.20. The first-order valence-electron chi connectivity index (χ1n) is 11.6. The lowest BCUT2D eigenvalue weighted by Gasteiger charge is -2.22. The van der Waals surface area contributed by atoms with Gasteiger partial charge in [-0.3, -0.25) is 15.1 Å². The van der Waals surface area contributed by atoms with E-state index in [1.54, 1.807) is 7.05 Å². The van der Waals surface area contributed by atoms with E-state index in [2.05, 4.69) is 26.3 Å². The Labute approximate surface area is 215 Å². The number of ether oxygens (including phenoxy) is 1. The summed E-state index contributed by atoms with van der Waals surface area (Å²) >= 11 is 0. The lowest BCUT2D eigenvalue weighted by molar-refractivity contribution is -0.121. The summed E-state index contributed by atoms with van der Waals surface area (Å²) in [5.41, 5.74) is 1.30. The molecule has 1 aliphatic carbocycles. The van der Waals surface area contributed by atoms with Gasteiger partial charge in [-0.2, -0.15) is 0 Å². The molecule has 0 radical (unpaired) electrons. The summed E-state index contributed by atoms with van der Waals surface area (Å²) in [4.78, 5) is 28.1. The summed E-state index contributed by atoms with van der Waals surface area (Å²) in [5, 5.41) is 12.3. The molecular weight excluding hydrogens is 533 g/mol. The number of hydrogen-bond acceptors (Lipinski definition) is 4. The summed E-state index contributed by atoms with van der Waals surface area (Å²) in [5.74, 6) is 0.776. The largest absolute Gasteiger partial charge is 0.444 e. The molecule has 0 aliphatic heterocycles. The van der Waals surface area contributed by atoms with Crippen LogP contribution in [0.1, 0.15) is 64.9 Å². The van der Waals surface area contributed by atoms with Crippen molar-refractivity contribution in [3.8, 4) is 0 Å². The van der Waals surface area contributed by atoms with Crippen LogP contribution in [-0.4, -0.2) is 49.7 Å². The second-order valence-electron chi connectivity index (χ2n) is 9.15. The molecule has 0 atom stereocenters. The van der Waals surface area contributed by atoms with Gasteiger partial charge in [0.05, 0.1) is 0 Å². The van der Waals surface area contributed by atoms with Crippen LogP contribution >= 0.6 is 24.0 Å². The third kappa shape index (κ3) is 12.7. The molecule has 0 bridgehead atoms. The number of amides is 2. The van der Waals surface area contributed by atoms with E-state index in [0.717, 1.165) is 24.8 Å². The van der Waals surface area contributed by atoms with Crippen LogP contribution in [0.15, 0.2) is 29.3 Å². The molecule has 2 amide bonds. The molecule has 186 valence electrons. The molecule has 0 heterocycles. The van der Waals surface area contributed by atoms with E-state index in [-0.39, 0.29) is 29.9 Å². The van der Waals surface area contributed by atoms with Gasteiger partial charge >= 0.3 is 6.09 Å². The van der Waals surface area contributed by atoms with Crippen LogP contribution in [-0.2, 0) is 16.0 Å². The monoisotopic (exact) mass is 573 g/mol. The van der Waals surface area contributed by atoms with Crippen LogP contribution < -0.4 is 21.3 Å². The Morgan fingerprint density at radius 3 is 2.27 bits per heavy atom. The number of aliphatic imine (C=N–C) groups is 1. The standard InChI is InChI=1S/C24H39N5O3.HI/c1-24(2,3)32-23(31)29-20-12-10-18(11-13-20)14-16-26-22(25-4)27-17-15-21(30)28-19-8-6-5-7-9-19;/h10-13,19H,5-9,14-17H2,1-4H3,(H,28,30)(H,29,31)(H2,25,26,27);1H. The summed E-state index contributed by atoms with van der Waals surface area (Å²) in [6.45, 7) is 6.74. The van der Waals surface area contributed by atoms with Crippen LogP contribution in [0.2, 0.25) is 0 Å². The molecule has 0 saturated heterocycles. The first-order valence-corrected chi connectivity index (χ1v) is 11.6. The molecule has 1 fully saturated rings. The van der Waals surface area contributed by atoms with Gasteiger partial charge in [-0.15, -0.1) is 24.0 Å². The van der Waals surface area contributed by atoms with Crippen molar-refractivity contribution in [2.75, 3.05) is 25.5 Å². The number of guanidine groups is 1. The van der Waals surface area contributed by atoms with Crippen molar-refractivity contribution < 1.29 is 14.3 Å². The number of hydrogen-bond donors (Lipinski definition) is 4. The lowest BCUT2D eigenvalue weighted by atomic mass is 9.95. The summed E-state index contributed by atoms with van der Waals surface area (Å²) in [6.07, 6.45) is 6.67. The van der Waals surface area contributed by atoms with Crippen molar-refractivity contribution in [2.24, 2.45) is 4.99 Å². The van der Waals surface area contributed by atoms with Gasteiger partial charge in [0, 0.05) is 38.3 Å². The Morgan fingerprint density at radius 1 is 1.03 bits per heavy atom. The van der Waals surface area contributed by atoms with Crippen LogP contribution in [0.3, 0.4) is 0 Å². The van der Waals surface area contributed by atoms with Gasteiger partial charge in [-0.1, -0.05) is 31.4 Å². The smallest absolute Gasteiger partial charge is 0.412 e. The topological polar surface area (TPSA) is 104 Å². The highest BCUT2D eigenvalue weighted by Crippen LogP contribution is 2.17. The van der Waals surface area contributed by atoms with Crippen LogP contribution in [0.25, 0.3) is 0 Å². The zero-order valence-corrected chi connectivity index (χ0v) is 22.7. The third-order valence-corrected chi connectivity index (χ3v) is 5.14. The molecule has 0 aromatic heterocycles. The van der Waals surface area contributed by atoms with Gasteiger partial charge in [0.2, 0.25) is 5.91 Å². The van der Waals surface area contributed by atoms with Crippen LogP contribution in [0, 0.1) is 0 Å². The molecule has 33 heavy (non-hydrogen) atoms. The number of anilines is 1. The van der Waals surface area contributed by atoms with E-state index in [0.29, 0.717) is 37.2 Å². The van der Waals surface area contributed by atoms with E-state index in [4.69, 9.17) is 4.74 Å². The van der Waals surface area contributed by atoms with Crippen LogP contribution in [0.4, 0.5) is 10.5 Å². The molecule has 1 saturated carbocycles. The maximum Gasteiger partial charge on any atom is 0.412 e. The van der Waals surface area contributed by atoms with E-state index < -0.39 is 11.7 Å². The van der Waals surface area contributed by atoms with Gasteiger partial charge in [-0.25, -0.2) is 4.79 Å². The predicted molar refractivity (Wildman–Crippen MR) is 144 cm³/mol. The Morgan fingerprint density at radius 2 is 1.67 bits per heavy atom. The Bertz CT molecular complexity index is 756. The highest BCUT2D eigenvalue weighted by atomic mass is 127. The molecule has 1 aliphatic rings. The molecule has 1 aromatic carbocycles. The fourth-order valence-electron chi connectivity index (χ4n) is 3.56. The van der Waals surface area contributed by atoms with E-state index in [1.807, 2.05) is 45.0 Å². The van der Waals surface area contributed by atoms with Crippen LogP contribution in [0.5, 0.6) is 0 Å². The normalized spacial score (nSPS) is 14.6. The van der Waals surface area contributed by atoms with Crippen molar-refractivity contribution in [1.29, 1.82) is 0 Å². The van der Waals surface area contributed by atoms with Gasteiger partial charge in [-0.05, 0) is 57.7 Å². The number of nitrogens with one attached hydrogen (secondary N) is 4. The maximum atomic E-state index is 12.1. The molecular formula is C24H40IN5O3. The van der Waals surface area contributed by atoms with Crippen molar-refractivity contribution in [2.45, 2.75) is 77.4 Å². The minimum Gasteiger partial charge on any atom is -0.444 e. The first kappa shape index (κ1) is 29.0. The van der Waals surface area contributed by atoms with Crippen molar-refractivity contribution in [3.63, 3.8) is 0 Å². The highest BCUT2D eigenvalue weighted by Gasteiger charge is 2.16. The fraction of sp³-hybridized carbons (Fsp3) is 0.625. The molecule has 4 N–H and O–H groups in total. The highest BCUT2D eigenvalue weighted by molar-refractivity contribution is 14.0. The number of benzene rings is 1. The average molecular weight is 574 g/mol. The van der Waals surface area contributed by atoms with E-state index in [9.17, 15) is 9.59 Å². The summed E-state index contributed by atoms with van der Waals surface area (Å²) < 4.78 is 5.26. The maximum absolute atomic E-state index is 12.1. The van der Waals surface area contributed by atoms with Gasteiger partial charge in [0.25, 0.3) is 0 Å². The molecule has 9 heteroatoms. The van der Waals surface area contributed by atoms with E-state index >= 15 is 0 Å². The number of nitrogens with zero attached hydrogens (tertiary/aromatic N) is 1. The Kier molecular flexibility index (Phi) is 13.2. The minimum atomic E-state index is -0.526. The van der Waals surface area contributed by atoms with Crippen molar-refractivity contribution in [1.82, 2.24) is 16.0 Å². The Hall–Kier alpha value is -2.04. The van der Waals surface area contributed by atoms with Gasteiger partial charge in [0.15, 0.2) is 5.96 Å². The molecule has 0 spiro atoms. The van der Waals surface area contributed by atoms with E-state index in [1.165, 1.54) is 19.3 Å². The average Bonchev–Trinajstić information content (AvgIpc) is 2.73. The van der Waals surface area contributed by atoms with Crippen molar-refractivity contribution in [3.05, 3.63) is 29.8 Å². The summed E-state index contributed by atoms with van der Waals surface area (Å²) in [6, 6.07) is 8.01. The number of carbonyl (C=O) groups is 2. The van der Waals surface area contributed by atoms with Gasteiger partial charge < -0.3 is 20.7 Å². The van der Waals surface area contributed by atoms with Gasteiger partial charge in [0.1, 0.15) is 5.60 Å². The summed E-state index contributed by atoms with van der Waals surface area (Å²) in [7, 11) is 1.72. The third-order valence-electron chi connectivity index (χ3n) is 5.14. The molecule has 1 aromatic rings. The molecule has 0 unspecified atom stereocenters. The second-order valence-corrected chi connectivity index (χ2v) is 9.15. The zero-order valence-electron chi connectivity index (χ0n) is 20.3. The zero-order chi connectivity index (χ0) is 23.4. The van der Waals surface area contributed by atoms with Crippen molar-refractivity contribution >= 4 is 47.6 Å². The molecule has 2 rings (SSSR count). The second kappa shape index (κ2) is 15.0. The number of rotatable bonds is 8. The Balaban J connectivity index is 0.00000544. The number of carbonyl (C=O) groups excluding carboxylic acids is 2. The number of halogens is 1. The minimum absolute atomic E-state index is 0. The molecule has 8 nitrogen and oxygen atoms in total. The lowest BCUT2D eigenvalue weighted by Crippen LogP contribution is -2.41. The fourth-order valence-corrected chi connectivity index (χ4v) is 3.56. The quantitative estimate of drug-likeness (QED) is 0.212.